The molecule has 2 amide bonds. The number of rotatable bonds is 4. The van der Waals surface area contributed by atoms with Crippen LogP contribution in [0.4, 0.5) is 5.69 Å². The first-order valence-electron chi connectivity index (χ1n) is 10.00. The predicted molar refractivity (Wildman–Crippen MR) is 107 cm³/mol. The molecule has 0 spiro atoms. The Hall–Kier alpha value is -2.67. The van der Waals surface area contributed by atoms with Crippen molar-refractivity contribution in [3.63, 3.8) is 0 Å². The molecule has 2 aromatic rings. The fourth-order valence-corrected chi connectivity index (χ4v) is 4.18. The molecule has 7 nitrogen and oxygen atoms in total. The molecule has 0 saturated carbocycles. The minimum Gasteiger partial charge on any atom is -0.336 e. The summed E-state index contributed by atoms with van der Waals surface area (Å²) >= 11 is 0. The number of hydrogen-bond donors (Lipinski definition) is 2. The van der Waals surface area contributed by atoms with Gasteiger partial charge in [-0.1, -0.05) is 12.1 Å². The number of nitrogens with one attached hydrogen (secondary N) is 2. The molecular weight excluding hydrogens is 354 g/mol. The molecule has 0 aliphatic carbocycles. The fourth-order valence-electron chi connectivity index (χ4n) is 4.18. The Morgan fingerprint density at radius 2 is 2.25 bits per heavy atom. The molecule has 7 heteroatoms. The van der Waals surface area contributed by atoms with E-state index >= 15 is 0 Å². The van der Waals surface area contributed by atoms with E-state index < -0.39 is 0 Å². The lowest BCUT2D eigenvalue weighted by molar-refractivity contribution is -0.131. The summed E-state index contributed by atoms with van der Waals surface area (Å²) in [6, 6.07) is 7.95. The SMILES string of the molecule is CC(=O)Nc1cccc(CC(=O)N2CCc3c(ncn3C3CCCNC3)C2)c1. The first-order valence-corrected chi connectivity index (χ1v) is 10.00. The minimum atomic E-state index is -0.115. The van der Waals surface area contributed by atoms with Crippen molar-refractivity contribution in [3.8, 4) is 0 Å². The molecule has 1 unspecified atom stereocenters. The summed E-state index contributed by atoms with van der Waals surface area (Å²) in [6.07, 6.45) is 5.51. The fraction of sp³-hybridized carbons (Fsp3) is 0.476. The van der Waals surface area contributed by atoms with Crippen LogP contribution in [0, 0.1) is 0 Å². The van der Waals surface area contributed by atoms with Crippen molar-refractivity contribution in [2.75, 3.05) is 25.0 Å². The van der Waals surface area contributed by atoms with E-state index in [1.54, 1.807) is 0 Å². The van der Waals surface area contributed by atoms with Crippen molar-refractivity contribution >= 4 is 17.5 Å². The van der Waals surface area contributed by atoms with Gasteiger partial charge in [0.2, 0.25) is 11.8 Å². The average Bonchev–Trinajstić information content (AvgIpc) is 3.11. The van der Waals surface area contributed by atoms with Gasteiger partial charge in [-0.25, -0.2) is 4.98 Å². The zero-order valence-corrected chi connectivity index (χ0v) is 16.3. The Labute approximate surface area is 165 Å². The highest BCUT2D eigenvalue weighted by Crippen LogP contribution is 2.25. The van der Waals surface area contributed by atoms with Crippen LogP contribution in [-0.4, -0.2) is 45.9 Å². The summed E-state index contributed by atoms with van der Waals surface area (Å²) in [6.45, 7) is 4.87. The van der Waals surface area contributed by atoms with Crippen LogP contribution in [-0.2, 0) is 29.0 Å². The van der Waals surface area contributed by atoms with E-state index in [-0.39, 0.29) is 11.8 Å². The lowest BCUT2D eigenvalue weighted by Crippen LogP contribution is -2.38. The Morgan fingerprint density at radius 3 is 3.04 bits per heavy atom. The van der Waals surface area contributed by atoms with E-state index in [1.165, 1.54) is 25.5 Å². The quantitative estimate of drug-likeness (QED) is 0.848. The second kappa shape index (κ2) is 8.14. The van der Waals surface area contributed by atoms with Gasteiger partial charge in [-0.05, 0) is 37.1 Å². The molecule has 28 heavy (non-hydrogen) atoms. The molecule has 3 heterocycles. The number of benzene rings is 1. The van der Waals surface area contributed by atoms with Crippen LogP contribution in [0.15, 0.2) is 30.6 Å². The third kappa shape index (κ3) is 4.09. The van der Waals surface area contributed by atoms with Crippen molar-refractivity contribution in [3.05, 3.63) is 47.5 Å². The van der Waals surface area contributed by atoms with Crippen molar-refractivity contribution < 1.29 is 9.59 Å². The van der Waals surface area contributed by atoms with Gasteiger partial charge >= 0.3 is 0 Å². The molecule has 4 rings (SSSR count). The van der Waals surface area contributed by atoms with Crippen LogP contribution in [0.25, 0.3) is 0 Å². The lowest BCUT2D eigenvalue weighted by atomic mass is 10.0. The van der Waals surface area contributed by atoms with E-state index in [9.17, 15) is 9.59 Å². The Bertz CT molecular complexity index is 869. The molecule has 2 N–H and O–H groups in total. The summed E-state index contributed by atoms with van der Waals surface area (Å²) < 4.78 is 2.32. The molecule has 1 aromatic carbocycles. The first-order chi connectivity index (χ1) is 13.6. The van der Waals surface area contributed by atoms with Gasteiger partial charge in [0.25, 0.3) is 0 Å². The lowest BCUT2D eigenvalue weighted by Gasteiger charge is -2.30. The molecule has 1 saturated heterocycles. The number of nitrogens with zero attached hydrogens (tertiary/aromatic N) is 3. The number of carbonyl (C=O) groups is 2. The summed E-state index contributed by atoms with van der Waals surface area (Å²) in [5.74, 6) is -0.0182. The predicted octanol–water partition coefficient (Wildman–Crippen LogP) is 1.89. The maximum atomic E-state index is 12.8. The number of imidazole rings is 1. The highest BCUT2D eigenvalue weighted by molar-refractivity contribution is 5.89. The van der Waals surface area contributed by atoms with Crippen molar-refractivity contribution in [1.82, 2.24) is 19.8 Å². The number of fused-ring (bicyclic) bond motifs is 1. The highest BCUT2D eigenvalue weighted by Gasteiger charge is 2.27. The Balaban J connectivity index is 1.41. The zero-order chi connectivity index (χ0) is 19.5. The van der Waals surface area contributed by atoms with Gasteiger partial charge in [-0.2, -0.15) is 0 Å². The molecule has 1 aromatic heterocycles. The maximum Gasteiger partial charge on any atom is 0.227 e. The van der Waals surface area contributed by atoms with Crippen molar-refractivity contribution in [2.24, 2.45) is 0 Å². The van der Waals surface area contributed by atoms with E-state index in [4.69, 9.17) is 0 Å². The first kappa shape index (κ1) is 18.7. The number of amides is 2. The molecule has 1 atom stereocenters. The number of anilines is 1. The number of piperidine rings is 1. The Kier molecular flexibility index (Phi) is 5.43. The van der Waals surface area contributed by atoms with Crippen LogP contribution in [0.2, 0.25) is 0 Å². The van der Waals surface area contributed by atoms with Crippen LogP contribution < -0.4 is 10.6 Å². The molecule has 0 bridgehead atoms. The van der Waals surface area contributed by atoms with Crippen molar-refractivity contribution in [1.29, 1.82) is 0 Å². The van der Waals surface area contributed by atoms with E-state index in [0.717, 1.165) is 43.0 Å². The monoisotopic (exact) mass is 381 g/mol. The minimum absolute atomic E-state index is 0.0968. The van der Waals surface area contributed by atoms with Gasteiger partial charge in [-0.3, -0.25) is 9.59 Å². The van der Waals surface area contributed by atoms with Gasteiger partial charge < -0.3 is 20.1 Å². The standard InChI is InChI=1S/C21H27N5O2/c1-15(27)24-17-5-2-4-16(10-17)11-21(28)25-9-7-20-19(13-25)23-14-26(20)18-6-3-8-22-12-18/h2,4-5,10,14,18,22H,3,6-9,11-13H2,1H3,(H,24,27). The van der Waals surface area contributed by atoms with E-state index in [2.05, 4.69) is 20.2 Å². The topological polar surface area (TPSA) is 79.3 Å². The molecule has 2 aliphatic heterocycles. The smallest absolute Gasteiger partial charge is 0.227 e. The van der Waals surface area contributed by atoms with Crippen LogP contribution in [0.1, 0.15) is 42.8 Å². The van der Waals surface area contributed by atoms with Crippen molar-refractivity contribution in [2.45, 2.75) is 45.2 Å². The second-order valence-corrected chi connectivity index (χ2v) is 7.67. The average molecular weight is 381 g/mol. The third-order valence-electron chi connectivity index (χ3n) is 5.56. The van der Waals surface area contributed by atoms with Gasteiger partial charge in [0.1, 0.15) is 0 Å². The van der Waals surface area contributed by atoms with Gasteiger partial charge in [0.05, 0.1) is 25.0 Å². The van der Waals surface area contributed by atoms with Gasteiger partial charge in [0, 0.05) is 43.9 Å². The second-order valence-electron chi connectivity index (χ2n) is 7.67. The molecule has 1 fully saturated rings. The molecular formula is C21H27N5O2. The summed E-state index contributed by atoms with van der Waals surface area (Å²) in [4.78, 5) is 30.5. The zero-order valence-electron chi connectivity index (χ0n) is 16.3. The number of aromatic nitrogens is 2. The number of carbonyl (C=O) groups excluding carboxylic acids is 2. The number of hydrogen-bond acceptors (Lipinski definition) is 4. The largest absolute Gasteiger partial charge is 0.336 e. The van der Waals surface area contributed by atoms with Crippen LogP contribution >= 0.6 is 0 Å². The van der Waals surface area contributed by atoms with Crippen LogP contribution in [0.5, 0.6) is 0 Å². The summed E-state index contributed by atoms with van der Waals surface area (Å²) in [7, 11) is 0. The highest BCUT2D eigenvalue weighted by atomic mass is 16.2. The van der Waals surface area contributed by atoms with Crippen LogP contribution in [0.3, 0.4) is 0 Å². The summed E-state index contributed by atoms with van der Waals surface area (Å²) in [5.41, 5.74) is 3.93. The third-order valence-corrected chi connectivity index (χ3v) is 5.56. The normalized spacial score (nSPS) is 19.2. The van der Waals surface area contributed by atoms with E-state index in [1.807, 2.05) is 35.5 Å². The summed E-state index contributed by atoms with van der Waals surface area (Å²) in [5, 5.41) is 6.22. The molecule has 0 radical (unpaired) electrons. The maximum absolute atomic E-state index is 12.8. The van der Waals surface area contributed by atoms with E-state index in [0.29, 0.717) is 19.0 Å². The van der Waals surface area contributed by atoms with Gasteiger partial charge in [0.15, 0.2) is 0 Å². The van der Waals surface area contributed by atoms with Gasteiger partial charge in [-0.15, -0.1) is 0 Å². The molecule has 2 aliphatic rings. The molecule has 148 valence electrons. The Morgan fingerprint density at radius 1 is 1.36 bits per heavy atom.